The minimum atomic E-state index is -3.77. The Kier molecular flexibility index (Phi) is 8.66. The minimum absolute atomic E-state index is 0.103. The standard InChI is InChI=1S/C26H38N6O4S/c1-5-9-21-23-24(32(4)30-21)26(33)29-25(28-23)20-17-19(11-12-22(20)36-16-6-2)37(34,35)27-14-13-18-10-7-8-15-31(18)3/h11-12,17-18,27H,5-10,13-16H2,1-4H3,(H,28,29,33). The summed E-state index contributed by atoms with van der Waals surface area (Å²) in [6.07, 6.45) is 6.53. The molecule has 37 heavy (non-hydrogen) atoms. The molecule has 1 saturated heterocycles. The molecule has 1 aliphatic rings. The number of benzene rings is 1. The van der Waals surface area contributed by atoms with Gasteiger partial charge >= 0.3 is 0 Å². The van der Waals surface area contributed by atoms with Crippen LogP contribution in [-0.2, 0) is 23.5 Å². The topological polar surface area (TPSA) is 122 Å². The van der Waals surface area contributed by atoms with Gasteiger partial charge < -0.3 is 14.6 Å². The molecule has 1 fully saturated rings. The molecule has 1 aliphatic heterocycles. The van der Waals surface area contributed by atoms with Gasteiger partial charge in [-0.2, -0.15) is 5.10 Å². The van der Waals surface area contributed by atoms with E-state index in [1.807, 2.05) is 13.8 Å². The number of likely N-dealkylation sites (tertiary alicyclic amines) is 1. The Hall–Kier alpha value is -2.76. The van der Waals surface area contributed by atoms with Gasteiger partial charge in [0.2, 0.25) is 10.0 Å². The highest BCUT2D eigenvalue weighted by molar-refractivity contribution is 7.89. The molecule has 1 unspecified atom stereocenters. The first-order valence-electron chi connectivity index (χ1n) is 13.2. The van der Waals surface area contributed by atoms with E-state index in [9.17, 15) is 13.2 Å². The van der Waals surface area contributed by atoms with Crippen LogP contribution in [0.2, 0.25) is 0 Å². The Morgan fingerprint density at radius 1 is 1.19 bits per heavy atom. The predicted molar refractivity (Wildman–Crippen MR) is 144 cm³/mol. The van der Waals surface area contributed by atoms with Crippen molar-refractivity contribution in [3.8, 4) is 17.1 Å². The maximum Gasteiger partial charge on any atom is 0.277 e. The third-order valence-corrected chi connectivity index (χ3v) is 8.38. The van der Waals surface area contributed by atoms with Crippen LogP contribution in [-0.4, -0.2) is 65.9 Å². The number of H-pyrrole nitrogens is 1. The zero-order valence-electron chi connectivity index (χ0n) is 22.2. The molecule has 0 spiro atoms. The van der Waals surface area contributed by atoms with Crippen molar-refractivity contribution in [2.75, 3.05) is 26.7 Å². The van der Waals surface area contributed by atoms with Crippen LogP contribution in [0.4, 0.5) is 0 Å². The molecule has 10 nitrogen and oxygen atoms in total. The molecule has 0 bridgehead atoms. The number of aromatic nitrogens is 4. The predicted octanol–water partition coefficient (Wildman–Crippen LogP) is 3.22. The lowest BCUT2D eigenvalue weighted by molar-refractivity contribution is 0.177. The smallest absolute Gasteiger partial charge is 0.277 e. The molecule has 1 aromatic carbocycles. The molecule has 202 valence electrons. The van der Waals surface area contributed by atoms with Gasteiger partial charge in [0, 0.05) is 19.6 Å². The number of sulfonamides is 1. The highest BCUT2D eigenvalue weighted by atomic mass is 32.2. The summed E-state index contributed by atoms with van der Waals surface area (Å²) in [6, 6.07) is 5.08. The van der Waals surface area contributed by atoms with Crippen LogP contribution < -0.4 is 15.0 Å². The number of fused-ring (bicyclic) bond motifs is 1. The summed E-state index contributed by atoms with van der Waals surface area (Å²) in [5, 5.41) is 4.48. The molecular formula is C26H38N6O4S. The van der Waals surface area contributed by atoms with Crippen LogP contribution >= 0.6 is 0 Å². The van der Waals surface area contributed by atoms with Crippen LogP contribution in [0, 0.1) is 0 Å². The van der Waals surface area contributed by atoms with Gasteiger partial charge in [-0.3, -0.25) is 9.48 Å². The van der Waals surface area contributed by atoms with Gasteiger partial charge in [-0.15, -0.1) is 0 Å². The Labute approximate surface area is 218 Å². The molecule has 0 amide bonds. The highest BCUT2D eigenvalue weighted by Crippen LogP contribution is 2.31. The second-order valence-electron chi connectivity index (χ2n) is 9.76. The lowest BCUT2D eigenvalue weighted by Gasteiger charge is -2.32. The summed E-state index contributed by atoms with van der Waals surface area (Å²) in [4.78, 5) is 23.0. The average Bonchev–Trinajstić information content (AvgIpc) is 3.19. The van der Waals surface area contributed by atoms with Crippen molar-refractivity contribution in [3.63, 3.8) is 0 Å². The van der Waals surface area contributed by atoms with Gasteiger partial charge in [-0.05, 0) is 63.9 Å². The first-order chi connectivity index (χ1) is 17.7. The van der Waals surface area contributed by atoms with Crippen molar-refractivity contribution in [2.45, 2.75) is 69.7 Å². The SMILES string of the molecule is CCCOc1ccc(S(=O)(=O)NCCC2CCCCN2C)cc1-c1nc2c(CCC)nn(C)c2c(=O)[nH]1. The Bertz CT molecular complexity index is 1400. The quantitative estimate of drug-likeness (QED) is 0.390. The van der Waals surface area contributed by atoms with Crippen molar-refractivity contribution >= 4 is 21.1 Å². The number of rotatable bonds is 11. The number of nitrogens with one attached hydrogen (secondary N) is 2. The van der Waals surface area contributed by atoms with Gasteiger partial charge in [0.15, 0.2) is 5.52 Å². The number of aromatic amines is 1. The zero-order chi connectivity index (χ0) is 26.6. The molecule has 11 heteroatoms. The van der Waals surface area contributed by atoms with Crippen molar-refractivity contribution < 1.29 is 13.2 Å². The second-order valence-corrected chi connectivity index (χ2v) is 11.5. The van der Waals surface area contributed by atoms with Crippen molar-refractivity contribution in [3.05, 3.63) is 34.2 Å². The molecule has 1 atom stereocenters. The van der Waals surface area contributed by atoms with Gasteiger partial charge in [0.25, 0.3) is 5.56 Å². The fourth-order valence-corrected chi connectivity index (χ4v) is 6.00. The first-order valence-corrected chi connectivity index (χ1v) is 14.7. The van der Waals surface area contributed by atoms with E-state index in [0.717, 1.165) is 37.9 Å². The minimum Gasteiger partial charge on any atom is -0.493 e. The van der Waals surface area contributed by atoms with Crippen molar-refractivity contribution in [2.24, 2.45) is 7.05 Å². The van der Waals surface area contributed by atoms with E-state index in [-0.39, 0.29) is 16.3 Å². The van der Waals surface area contributed by atoms with E-state index in [1.165, 1.54) is 25.0 Å². The fourth-order valence-electron chi connectivity index (χ4n) is 4.93. The lowest BCUT2D eigenvalue weighted by Crippen LogP contribution is -2.39. The van der Waals surface area contributed by atoms with Gasteiger partial charge in [0.05, 0.1) is 22.8 Å². The third kappa shape index (κ3) is 6.05. The third-order valence-electron chi connectivity index (χ3n) is 6.92. The molecule has 2 N–H and O–H groups in total. The molecule has 3 aromatic rings. The van der Waals surface area contributed by atoms with Crippen LogP contribution in [0.25, 0.3) is 22.4 Å². The van der Waals surface area contributed by atoms with E-state index in [1.54, 1.807) is 17.8 Å². The Morgan fingerprint density at radius 2 is 2.00 bits per heavy atom. The lowest BCUT2D eigenvalue weighted by atomic mass is 10.0. The maximum atomic E-state index is 13.2. The Balaban J connectivity index is 1.68. The van der Waals surface area contributed by atoms with Crippen LogP contribution in [0.5, 0.6) is 5.75 Å². The van der Waals surface area contributed by atoms with E-state index in [4.69, 9.17) is 9.72 Å². The number of hydrogen-bond donors (Lipinski definition) is 2. The largest absolute Gasteiger partial charge is 0.493 e. The van der Waals surface area contributed by atoms with Crippen LogP contribution in [0.15, 0.2) is 27.9 Å². The summed E-state index contributed by atoms with van der Waals surface area (Å²) < 4.78 is 36.6. The molecule has 0 aliphatic carbocycles. The monoisotopic (exact) mass is 530 g/mol. The van der Waals surface area contributed by atoms with E-state index in [2.05, 4.69) is 26.8 Å². The number of piperidine rings is 1. The molecule has 0 radical (unpaired) electrons. The molecule has 0 saturated carbocycles. The summed E-state index contributed by atoms with van der Waals surface area (Å²) in [5.74, 6) is 0.725. The summed E-state index contributed by atoms with van der Waals surface area (Å²) in [5.41, 5.74) is 1.74. The number of nitrogens with zero attached hydrogens (tertiary/aromatic N) is 4. The molecule has 2 aromatic heterocycles. The van der Waals surface area contributed by atoms with E-state index in [0.29, 0.717) is 48.0 Å². The van der Waals surface area contributed by atoms with Gasteiger partial charge in [-0.1, -0.05) is 26.7 Å². The Morgan fingerprint density at radius 3 is 2.73 bits per heavy atom. The first kappa shape index (κ1) is 27.3. The number of hydrogen-bond acceptors (Lipinski definition) is 7. The molecule has 3 heterocycles. The normalized spacial score (nSPS) is 16.9. The van der Waals surface area contributed by atoms with Gasteiger partial charge in [-0.25, -0.2) is 18.1 Å². The van der Waals surface area contributed by atoms with Crippen LogP contribution in [0.3, 0.4) is 0 Å². The summed E-state index contributed by atoms with van der Waals surface area (Å²) in [7, 11) is 0.0438. The highest BCUT2D eigenvalue weighted by Gasteiger charge is 2.23. The van der Waals surface area contributed by atoms with Crippen molar-refractivity contribution in [1.29, 1.82) is 0 Å². The number of aryl methyl sites for hydroxylation is 2. The zero-order valence-corrected chi connectivity index (χ0v) is 23.0. The summed E-state index contributed by atoms with van der Waals surface area (Å²) in [6.45, 7) is 5.89. The fraction of sp³-hybridized carbons (Fsp3) is 0.577. The average molecular weight is 531 g/mol. The molecular weight excluding hydrogens is 492 g/mol. The maximum absolute atomic E-state index is 13.2. The van der Waals surface area contributed by atoms with Crippen molar-refractivity contribution in [1.82, 2.24) is 29.4 Å². The molecule has 4 rings (SSSR count). The van der Waals surface area contributed by atoms with Crippen LogP contribution in [0.1, 0.15) is 58.1 Å². The van der Waals surface area contributed by atoms with E-state index < -0.39 is 10.0 Å². The summed E-state index contributed by atoms with van der Waals surface area (Å²) >= 11 is 0. The number of ether oxygens (including phenoxy) is 1. The van der Waals surface area contributed by atoms with E-state index >= 15 is 0 Å². The van der Waals surface area contributed by atoms with Gasteiger partial charge in [0.1, 0.15) is 17.1 Å². The second kappa shape index (κ2) is 11.7.